The fourth-order valence-electron chi connectivity index (χ4n) is 3.21. The lowest BCUT2D eigenvalue weighted by Gasteiger charge is -2.31. The first-order valence-corrected chi connectivity index (χ1v) is 12.5. The van der Waals surface area contributed by atoms with Gasteiger partial charge in [0, 0.05) is 23.4 Å². The van der Waals surface area contributed by atoms with E-state index in [4.69, 9.17) is 16.3 Å². The van der Waals surface area contributed by atoms with Crippen LogP contribution in [0, 0.1) is 0 Å². The number of halogens is 1. The summed E-state index contributed by atoms with van der Waals surface area (Å²) < 4.78 is 5.23. The third-order valence-electron chi connectivity index (χ3n) is 5.31. The van der Waals surface area contributed by atoms with E-state index < -0.39 is 6.04 Å². The first-order chi connectivity index (χ1) is 15.4. The van der Waals surface area contributed by atoms with Gasteiger partial charge in [-0.3, -0.25) is 9.59 Å². The van der Waals surface area contributed by atoms with Gasteiger partial charge in [0.25, 0.3) is 0 Å². The Hall–Kier alpha value is -2.18. The SMILES string of the molecule is CC[C@@H](C)NC(=O)[C@H](CC)N(Cc1ccc(OC)cc1)C(=O)CSCc1ccc(Cl)cc1. The molecule has 0 spiro atoms. The topological polar surface area (TPSA) is 58.6 Å². The first-order valence-electron chi connectivity index (χ1n) is 10.9. The molecule has 1 N–H and O–H groups in total. The summed E-state index contributed by atoms with van der Waals surface area (Å²) in [7, 11) is 1.62. The molecule has 7 heteroatoms. The van der Waals surface area contributed by atoms with Crippen LogP contribution in [-0.4, -0.2) is 41.7 Å². The zero-order chi connectivity index (χ0) is 23.5. The Bertz CT molecular complexity index is 858. The molecule has 0 aliphatic rings. The minimum Gasteiger partial charge on any atom is -0.497 e. The summed E-state index contributed by atoms with van der Waals surface area (Å²) in [6, 6.07) is 14.8. The molecule has 0 aromatic heterocycles. The summed E-state index contributed by atoms with van der Waals surface area (Å²) in [5, 5.41) is 3.73. The summed E-state index contributed by atoms with van der Waals surface area (Å²) in [6.45, 7) is 6.31. The normalized spacial score (nSPS) is 12.7. The van der Waals surface area contributed by atoms with Gasteiger partial charge in [-0.25, -0.2) is 0 Å². The number of hydrogen-bond acceptors (Lipinski definition) is 4. The van der Waals surface area contributed by atoms with Crippen molar-refractivity contribution in [3.8, 4) is 5.75 Å². The maximum atomic E-state index is 13.3. The van der Waals surface area contributed by atoms with E-state index in [0.717, 1.165) is 23.3 Å². The number of nitrogens with zero attached hydrogens (tertiary/aromatic N) is 1. The predicted molar refractivity (Wildman–Crippen MR) is 133 cm³/mol. The highest BCUT2D eigenvalue weighted by Gasteiger charge is 2.29. The minimum atomic E-state index is -0.519. The molecule has 2 rings (SSSR count). The highest BCUT2D eigenvalue weighted by molar-refractivity contribution is 7.99. The summed E-state index contributed by atoms with van der Waals surface area (Å²) in [5.74, 6) is 1.60. The average molecular weight is 477 g/mol. The van der Waals surface area contributed by atoms with Crippen LogP contribution >= 0.6 is 23.4 Å². The van der Waals surface area contributed by atoms with Crippen LogP contribution in [0.5, 0.6) is 5.75 Å². The minimum absolute atomic E-state index is 0.0501. The zero-order valence-electron chi connectivity index (χ0n) is 19.3. The number of ether oxygens (including phenoxy) is 1. The molecule has 0 unspecified atom stereocenters. The van der Waals surface area contributed by atoms with Crippen molar-refractivity contribution in [3.05, 3.63) is 64.7 Å². The van der Waals surface area contributed by atoms with E-state index in [0.29, 0.717) is 29.5 Å². The molecular formula is C25H33ClN2O3S. The molecule has 0 saturated carbocycles. The van der Waals surface area contributed by atoms with Crippen molar-refractivity contribution in [2.24, 2.45) is 0 Å². The Kier molecular flexibility index (Phi) is 10.9. The van der Waals surface area contributed by atoms with Crippen molar-refractivity contribution in [1.29, 1.82) is 0 Å². The zero-order valence-corrected chi connectivity index (χ0v) is 20.8. The third-order valence-corrected chi connectivity index (χ3v) is 6.55. The average Bonchev–Trinajstić information content (AvgIpc) is 2.80. The molecule has 2 amide bonds. The van der Waals surface area contributed by atoms with E-state index in [1.165, 1.54) is 11.8 Å². The number of benzene rings is 2. The van der Waals surface area contributed by atoms with E-state index in [-0.39, 0.29) is 17.9 Å². The molecule has 2 aromatic rings. The molecule has 174 valence electrons. The van der Waals surface area contributed by atoms with Crippen LogP contribution in [0.25, 0.3) is 0 Å². The second-order valence-corrected chi connectivity index (χ2v) is 9.15. The Morgan fingerprint density at radius 1 is 1.03 bits per heavy atom. The third kappa shape index (κ3) is 8.06. The molecule has 0 bridgehead atoms. The number of carbonyl (C=O) groups excluding carboxylic acids is 2. The van der Waals surface area contributed by atoms with E-state index in [1.54, 1.807) is 12.0 Å². The van der Waals surface area contributed by atoms with E-state index in [2.05, 4.69) is 5.32 Å². The molecule has 0 aliphatic heterocycles. The Morgan fingerprint density at radius 3 is 2.22 bits per heavy atom. The summed E-state index contributed by atoms with van der Waals surface area (Å²) in [6.07, 6.45) is 1.39. The highest BCUT2D eigenvalue weighted by Crippen LogP contribution is 2.20. The van der Waals surface area contributed by atoms with Gasteiger partial charge in [-0.2, -0.15) is 0 Å². The summed E-state index contributed by atoms with van der Waals surface area (Å²) >= 11 is 7.48. The van der Waals surface area contributed by atoms with Gasteiger partial charge in [0.2, 0.25) is 11.8 Å². The number of thioether (sulfide) groups is 1. The van der Waals surface area contributed by atoms with Crippen molar-refractivity contribution in [1.82, 2.24) is 10.2 Å². The molecule has 0 fully saturated rings. The number of methoxy groups -OCH3 is 1. The van der Waals surface area contributed by atoms with Crippen LogP contribution in [0.2, 0.25) is 5.02 Å². The van der Waals surface area contributed by atoms with Gasteiger partial charge in [0.1, 0.15) is 11.8 Å². The fourth-order valence-corrected chi connectivity index (χ4v) is 4.20. The second kappa shape index (κ2) is 13.4. The Balaban J connectivity index is 2.13. The first kappa shape index (κ1) is 26.1. The molecule has 5 nitrogen and oxygen atoms in total. The molecule has 0 aliphatic carbocycles. The van der Waals surface area contributed by atoms with Crippen LogP contribution < -0.4 is 10.1 Å². The molecule has 0 heterocycles. The van der Waals surface area contributed by atoms with Crippen molar-refractivity contribution < 1.29 is 14.3 Å². The van der Waals surface area contributed by atoms with E-state index in [9.17, 15) is 9.59 Å². The van der Waals surface area contributed by atoms with Crippen molar-refractivity contribution in [2.75, 3.05) is 12.9 Å². The standard InChI is InChI=1S/C25H33ClN2O3S/c1-5-18(3)27-25(30)23(6-2)28(15-19-9-13-22(31-4)14-10-19)24(29)17-32-16-20-7-11-21(26)12-8-20/h7-14,18,23H,5-6,15-17H2,1-4H3,(H,27,30)/t18-,23+/m1/s1. The molecular weight excluding hydrogens is 444 g/mol. The Labute approximate surface area is 200 Å². The molecule has 32 heavy (non-hydrogen) atoms. The number of hydrogen-bond donors (Lipinski definition) is 1. The lowest BCUT2D eigenvalue weighted by molar-refractivity contribution is -0.139. The molecule has 2 atom stereocenters. The van der Waals surface area contributed by atoms with Crippen molar-refractivity contribution in [3.63, 3.8) is 0 Å². The smallest absolute Gasteiger partial charge is 0.243 e. The number of amides is 2. The van der Waals surface area contributed by atoms with Crippen molar-refractivity contribution in [2.45, 2.75) is 58.0 Å². The van der Waals surface area contributed by atoms with Gasteiger partial charge >= 0.3 is 0 Å². The van der Waals surface area contributed by atoms with Gasteiger partial charge in [0.05, 0.1) is 12.9 Å². The van der Waals surface area contributed by atoms with Crippen LogP contribution in [0.1, 0.15) is 44.7 Å². The van der Waals surface area contributed by atoms with Gasteiger partial charge in [-0.1, -0.05) is 49.7 Å². The van der Waals surface area contributed by atoms with Crippen LogP contribution in [0.3, 0.4) is 0 Å². The Morgan fingerprint density at radius 2 is 1.66 bits per heavy atom. The van der Waals surface area contributed by atoms with E-state index >= 15 is 0 Å². The monoisotopic (exact) mass is 476 g/mol. The van der Waals surface area contributed by atoms with Gasteiger partial charge < -0.3 is 15.0 Å². The van der Waals surface area contributed by atoms with E-state index in [1.807, 2.05) is 69.3 Å². The van der Waals surface area contributed by atoms with Crippen LogP contribution in [0.15, 0.2) is 48.5 Å². The summed E-state index contributed by atoms with van der Waals surface area (Å²) in [5.41, 5.74) is 2.06. The maximum Gasteiger partial charge on any atom is 0.243 e. The fraction of sp³-hybridized carbons (Fsp3) is 0.440. The lowest BCUT2D eigenvalue weighted by atomic mass is 10.1. The van der Waals surface area contributed by atoms with Crippen LogP contribution in [-0.2, 0) is 21.9 Å². The van der Waals surface area contributed by atoms with Crippen molar-refractivity contribution >= 4 is 35.2 Å². The maximum absolute atomic E-state index is 13.3. The molecule has 0 radical (unpaired) electrons. The van der Waals surface area contributed by atoms with Gasteiger partial charge in [-0.15, -0.1) is 11.8 Å². The largest absolute Gasteiger partial charge is 0.497 e. The lowest BCUT2D eigenvalue weighted by Crippen LogP contribution is -2.51. The van der Waals surface area contributed by atoms with Gasteiger partial charge in [-0.05, 0) is 55.2 Å². The quantitative estimate of drug-likeness (QED) is 0.451. The molecule has 2 aromatic carbocycles. The van der Waals surface area contributed by atoms with Gasteiger partial charge in [0.15, 0.2) is 0 Å². The van der Waals surface area contributed by atoms with Crippen LogP contribution in [0.4, 0.5) is 0 Å². The number of rotatable bonds is 12. The number of nitrogens with one attached hydrogen (secondary N) is 1. The predicted octanol–water partition coefficient (Wildman–Crippen LogP) is 5.30. The highest BCUT2D eigenvalue weighted by atomic mass is 35.5. The number of carbonyl (C=O) groups is 2. The summed E-state index contributed by atoms with van der Waals surface area (Å²) in [4.78, 5) is 27.9. The second-order valence-electron chi connectivity index (χ2n) is 7.73. The molecule has 0 saturated heterocycles.